The molecule has 1 aromatic heterocycles. The summed E-state index contributed by atoms with van der Waals surface area (Å²) in [7, 11) is 0. The Morgan fingerprint density at radius 1 is 1.23 bits per heavy atom. The van der Waals surface area contributed by atoms with Crippen LogP contribution < -0.4 is 10.1 Å². The van der Waals surface area contributed by atoms with E-state index in [-0.39, 0.29) is 23.8 Å². The number of tetrazole rings is 1. The number of nitrogens with zero attached hydrogens (tertiary/aromatic N) is 4. The molecule has 31 heavy (non-hydrogen) atoms. The molecule has 0 radical (unpaired) electrons. The molecule has 0 unspecified atom stereocenters. The second-order valence-corrected chi connectivity index (χ2v) is 6.63. The number of carbonyl (C=O) groups excluding carboxylic acids is 3. The van der Waals surface area contributed by atoms with Crippen LogP contribution in [0, 0.1) is 6.92 Å². The van der Waals surface area contributed by atoms with Crippen LogP contribution in [-0.4, -0.2) is 51.1 Å². The average Bonchev–Trinajstić information content (AvgIpc) is 3.21. The Morgan fingerprint density at radius 2 is 2.03 bits per heavy atom. The molecule has 4 rings (SSSR count). The minimum Gasteiger partial charge on any atom is -0.482 e. The Morgan fingerprint density at radius 3 is 2.77 bits per heavy atom. The van der Waals surface area contributed by atoms with Gasteiger partial charge in [0.2, 0.25) is 0 Å². The number of rotatable bonds is 6. The number of fused-ring (bicyclic) bond motifs is 1. The molecule has 10 heteroatoms. The molecule has 0 fully saturated rings. The van der Waals surface area contributed by atoms with E-state index in [1.54, 1.807) is 25.1 Å². The van der Waals surface area contributed by atoms with Crippen LogP contribution >= 0.6 is 0 Å². The highest BCUT2D eigenvalue weighted by atomic mass is 16.5. The lowest BCUT2D eigenvalue weighted by Crippen LogP contribution is -2.25. The SMILES string of the molecule is Cc1nnnn1/C(=C/c1ccccc1)C(=O)OCC(=O)c1ccc2c(c1)NC(=O)CO2. The summed E-state index contributed by atoms with van der Waals surface area (Å²) in [5.74, 6) is -0.659. The third-order valence-electron chi connectivity index (χ3n) is 4.43. The van der Waals surface area contributed by atoms with Crippen molar-refractivity contribution < 1.29 is 23.9 Å². The smallest absolute Gasteiger partial charge is 0.357 e. The molecular formula is C21H17N5O5. The van der Waals surface area contributed by atoms with Gasteiger partial charge in [-0.1, -0.05) is 30.3 Å². The van der Waals surface area contributed by atoms with Crippen LogP contribution in [0.15, 0.2) is 48.5 Å². The molecule has 1 aliphatic rings. The Bertz CT molecular complexity index is 1190. The van der Waals surface area contributed by atoms with Gasteiger partial charge in [0.15, 0.2) is 30.5 Å². The van der Waals surface area contributed by atoms with Crippen molar-refractivity contribution in [2.75, 3.05) is 18.5 Å². The zero-order chi connectivity index (χ0) is 21.8. The van der Waals surface area contributed by atoms with Crippen LogP contribution in [-0.2, 0) is 14.3 Å². The minimum absolute atomic E-state index is 0.0626. The lowest BCUT2D eigenvalue weighted by Gasteiger charge is -2.18. The molecule has 0 spiro atoms. The predicted octanol–water partition coefficient (Wildman–Crippen LogP) is 1.74. The quantitative estimate of drug-likeness (QED) is 0.364. The van der Waals surface area contributed by atoms with Gasteiger partial charge in [-0.25, -0.2) is 4.79 Å². The van der Waals surface area contributed by atoms with Crippen molar-refractivity contribution in [3.63, 3.8) is 0 Å². The van der Waals surface area contributed by atoms with E-state index >= 15 is 0 Å². The van der Waals surface area contributed by atoms with Crippen molar-refractivity contribution in [1.82, 2.24) is 20.2 Å². The molecule has 0 saturated heterocycles. The molecule has 0 bridgehead atoms. The predicted molar refractivity (Wildman–Crippen MR) is 109 cm³/mol. The lowest BCUT2D eigenvalue weighted by molar-refractivity contribution is -0.136. The number of hydrogen-bond acceptors (Lipinski definition) is 8. The van der Waals surface area contributed by atoms with Crippen molar-refractivity contribution in [1.29, 1.82) is 0 Å². The first-order chi connectivity index (χ1) is 15.0. The Balaban J connectivity index is 1.51. The van der Waals surface area contributed by atoms with E-state index < -0.39 is 18.4 Å². The maximum absolute atomic E-state index is 12.8. The molecule has 2 heterocycles. The molecule has 2 aromatic carbocycles. The van der Waals surface area contributed by atoms with Crippen LogP contribution in [0.4, 0.5) is 5.69 Å². The van der Waals surface area contributed by atoms with E-state index in [0.29, 0.717) is 17.3 Å². The minimum atomic E-state index is -0.762. The van der Waals surface area contributed by atoms with Crippen molar-refractivity contribution in [2.45, 2.75) is 6.92 Å². The summed E-state index contributed by atoms with van der Waals surface area (Å²) in [6, 6.07) is 13.7. The Hall–Kier alpha value is -4.34. The summed E-state index contributed by atoms with van der Waals surface area (Å²) in [5, 5.41) is 13.8. The molecule has 1 amide bonds. The molecule has 0 atom stereocenters. The third-order valence-corrected chi connectivity index (χ3v) is 4.43. The van der Waals surface area contributed by atoms with Crippen LogP contribution in [0.25, 0.3) is 11.8 Å². The molecule has 1 N–H and O–H groups in total. The van der Waals surface area contributed by atoms with E-state index in [1.807, 2.05) is 30.3 Å². The van der Waals surface area contributed by atoms with E-state index in [9.17, 15) is 14.4 Å². The molecule has 156 valence electrons. The number of anilines is 1. The van der Waals surface area contributed by atoms with Gasteiger partial charge >= 0.3 is 5.97 Å². The second kappa shape index (κ2) is 8.57. The van der Waals surface area contributed by atoms with Crippen LogP contribution in [0.5, 0.6) is 5.75 Å². The van der Waals surface area contributed by atoms with Crippen molar-refractivity contribution in [3.8, 4) is 5.75 Å². The first kappa shape index (κ1) is 20.0. The number of Topliss-reactive ketones (excluding diaryl/α,β-unsaturated/α-hetero) is 1. The fourth-order valence-electron chi connectivity index (χ4n) is 2.91. The standard InChI is InChI=1S/C21H17N5O5/c1-13-23-24-25-26(13)17(9-14-5-3-2-4-6-14)21(29)31-11-18(27)15-7-8-19-16(10-15)22-20(28)12-30-19/h2-10H,11-12H2,1H3,(H,22,28)/b17-9+. The summed E-state index contributed by atoms with van der Waals surface area (Å²) in [6.45, 7) is 1.06. The van der Waals surface area contributed by atoms with Gasteiger partial charge in [0.25, 0.3) is 5.91 Å². The number of carbonyl (C=O) groups is 3. The van der Waals surface area contributed by atoms with Gasteiger partial charge in [-0.3, -0.25) is 9.59 Å². The van der Waals surface area contributed by atoms with Crippen molar-refractivity contribution in [3.05, 3.63) is 65.5 Å². The summed E-state index contributed by atoms with van der Waals surface area (Å²) >= 11 is 0. The number of aryl methyl sites for hydroxylation is 1. The van der Waals surface area contributed by atoms with E-state index in [1.165, 1.54) is 10.7 Å². The first-order valence-corrected chi connectivity index (χ1v) is 9.30. The largest absolute Gasteiger partial charge is 0.482 e. The Kier molecular flexibility index (Phi) is 5.52. The van der Waals surface area contributed by atoms with Crippen LogP contribution in [0.2, 0.25) is 0 Å². The van der Waals surface area contributed by atoms with Crippen LogP contribution in [0.1, 0.15) is 21.7 Å². The summed E-state index contributed by atoms with van der Waals surface area (Å²) in [5.41, 5.74) is 1.46. The number of hydrogen-bond donors (Lipinski definition) is 1. The highest BCUT2D eigenvalue weighted by Crippen LogP contribution is 2.28. The number of nitrogens with one attached hydrogen (secondary N) is 1. The summed E-state index contributed by atoms with van der Waals surface area (Å²) in [6.07, 6.45) is 1.57. The van der Waals surface area contributed by atoms with Crippen molar-refractivity contribution in [2.24, 2.45) is 0 Å². The highest BCUT2D eigenvalue weighted by molar-refractivity contribution is 6.16. The van der Waals surface area contributed by atoms with Gasteiger partial charge in [-0.2, -0.15) is 4.68 Å². The van der Waals surface area contributed by atoms with Crippen molar-refractivity contribution >= 4 is 35.1 Å². The average molecular weight is 419 g/mol. The molecule has 0 saturated carbocycles. The van der Waals surface area contributed by atoms with Gasteiger partial charge in [0, 0.05) is 5.56 Å². The zero-order valence-electron chi connectivity index (χ0n) is 16.4. The normalized spacial score (nSPS) is 13.1. The molecule has 1 aliphatic heterocycles. The summed E-state index contributed by atoms with van der Waals surface area (Å²) < 4.78 is 11.8. The fourth-order valence-corrected chi connectivity index (χ4v) is 2.91. The monoisotopic (exact) mass is 419 g/mol. The number of ether oxygens (including phenoxy) is 2. The van der Waals surface area contributed by atoms with Gasteiger partial charge in [0.1, 0.15) is 5.75 Å². The fraction of sp³-hybridized carbons (Fsp3) is 0.143. The number of aromatic nitrogens is 4. The second-order valence-electron chi connectivity index (χ2n) is 6.63. The third kappa shape index (κ3) is 4.47. The van der Waals surface area contributed by atoms with Crippen LogP contribution in [0.3, 0.4) is 0 Å². The number of ketones is 1. The molecule has 3 aromatic rings. The molecular weight excluding hydrogens is 402 g/mol. The molecule has 0 aliphatic carbocycles. The number of benzene rings is 2. The van der Waals surface area contributed by atoms with Gasteiger partial charge in [-0.05, 0) is 47.2 Å². The van der Waals surface area contributed by atoms with E-state index in [4.69, 9.17) is 9.47 Å². The van der Waals surface area contributed by atoms with Gasteiger partial charge in [0.05, 0.1) is 5.69 Å². The zero-order valence-corrected chi connectivity index (χ0v) is 16.4. The lowest BCUT2D eigenvalue weighted by atomic mass is 10.1. The number of amides is 1. The first-order valence-electron chi connectivity index (χ1n) is 9.30. The van der Waals surface area contributed by atoms with E-state index in [0.717, 1.165) is 5.56 Å². The maximum atomic E-state index is 12.8. The number of esters is 1. The highest BCUT2D eigenvalue weighted by Gasteiger charge is 2.21. The molecule has 10 nitrogen and oxygen atoms in total. The maximum Gasteiger partial charge on any atom is 0.357 e. The Labute approximate surface area is 176 Å². The van der Waals surface area contributed by atoms with Gasteiger partial charge in [-0.15, -0.1) is 5.10 Å². The summed E-state index contributed by atoms with van der Waals surface area (Å²) in [4.78, 5) is 36.8. The topological polar surface area (TPSA) is 125 Å². The van der Waals surface area contributed by atoms with E-state index in [2.05, 4.69) is 20.8 Å². The van der Waals surface area contributed by atoms with Gasteiger partial charge < -0.3 is 14.8 Å².